The van der Waals surface area contributed by atoms with Gasteiger partial charge in [-0.25, -0.2) is 4.39 Å². The van der Waals surface area contributed by atoms with Crippen LogP contribution in [-0.2, 0) is 0 Å². The summed E-state index contributed by atoms with van der Waals surface area (Å²) in [5, 5.41) is 12.4. The fourth-order valence-corrected chi connectivity index (χ4v) is 2.82. The van der Waals surface area contributed by atoms with Crippen LogP contribution in [0.4, 0.5) is 4.39 Å². The van der Waals surface area contributed by atoms with Gasteiger partial charge in [-0.1, -0.05) is 12.1 Å². The molecule has 1 aromatic carbocycles. The number of piperazine rings is 1. The number of rotatable bonds is 6. The Kier molecular flexibility index (Phi) is 5.76. The zero-order valence-corrected chi connectivity index (χ0v) is 11.9. The van der Waals surface area contributed by atoms with Gasteiger partial charge in [0.2, 0.25) is 0 Å². The predicted molar refractivity (Wildman–Crippen MR) is 76.5 cm³/mol. The first kappa shape index (κ1) is 15.2. The Morgan fingerprint density at radius 3 is 2.80 bits per heavy atom. The maximum absolute atomic E-state index is 13.9. The van der Waals surface area contributed by atoms with Crippen molar-refractivity contribution in [2.24, 2.45) is 0 Å². The molecule has 0 saturated carbocycles. The molecular formula is C15H23FN2O2. The third-order valence-electron chi connectivity index (χ3n) is 3.79. The van der Waals surface area contributed by atoms with Crippen LogP contribution in [0.1, 0.15) is 24.4 Å². The van der Waals surface area contributed by atoms with Crippen LogP contribution >= 0.6 is 0 Å². The SMILES string of the molecule is COc1c(F)cccc1[C@@H](CCCO)N1CCNCC1. The van der Waals surface area contributed by atoms with Crippen molar-refractivity contribution in [3.05, 3.63) is 29.6 Å². The molecule has 1 aliphatic heterocycles. The molecule has 0 spiro atoms. The Hall–Kier alpha value is -1.17. The second-order valence-electron chi connectivity index (χ2n) is 5.03. The minimum absolute atomic E-state index is 0.0925. The molecule has 2 N–H and O–H groups in total. The molecule has 1 saturated heterocycles. The molecule has 5 heteroatoms. The lowest BCUT2D eigenvalue weighted by Gasteiger charge is -2.35. The average Bonchev–Trinajstić information content (AvgIpc) is 2.49. The van der Waals surface area contributed by atoms with Gasteiger partial charge < -0.3 is 15.2 Å². The number of hydrogen-bond acceptors (Lipinski definition) is 4. The number of aliphatic hydroxyl groups excluding tert-OH is 1. The van der Waals surface area contributed by atoms with E-state index in [1.54, 1.807) is 6.07 Å². The summed E-state index contributed by atoms with van der Waals surface area (Å²) in [6.07, 6.45) is 1.50. The van der Waals surface area contributed by atoms with Crippen LogP contribution < -0.4 is 10.1 Å². The van der Waals surface area contributed by atoms with Crippen molar-refractivity contribution in [3.63, 3.8) is 0 Å². The third-order valence-corrected chi connectivity index (χ3v) is 3.79. The van der Waals surface area contributed by atoms with Gasteiger partial charge in [0.05, 0.1) is 7.11 Å². The van der Waals surface area contributed by atoms with E-state index >= 15 is 0 Å². The third kappa shape index (κ3) is 3.48. The number of nitrogens with zero attached hydrogens (tertiary/aromatic N) is 1. The molecule has 0 radical (unpaired) electrons. The fraction of sp³-hybridized carbons (Fsp3) is 0.600. The second kappa shape index (κ2) is 7.57. The first-order valence-corrected chi connectivity index (χ1v) is 7.16. The Balaban J connectivity index is 2.27. The molecule has 1 atom stereocenters. The molecule has 1 aliphatic rings. The van der Waals surface area contributed by atoms with E-state index in [-0.39, 0.29) is 18.5 Å². The lowest BCUT2D eigenvalue weighted by Crippen LogP contribution is -2.45. The van der Waals surface area contributed by atoms with Gasteiger partial charge in [-0.15, -0.1) is 0 Å². The standard InChI is InChI=1S/C15H23FN2O2/c1-20-15-12(4-2-5-13(15)16)14(6-3-11-19)18-9-7-17-8-10-18/h2,4-5,14,17,19H,3,6-11H2,1H3/t14-/m1/s1. The first-order chi connectivity index (χ1) is 9.77. The zero-order chi connectivity index (χ0) is 14.4. The molecule has 112 valence electrons. The van der Waals surface area contributed by atoms with Gasteiger partial charge in [0, 0.05) is 44.4 Å². The summed E-state index contributed by atoms with van der Waals surface area (Å²) in [5.41, 5.74) is 0.878. The number of ether oxygens (including phenoxy) is 1. The molecule has 0 aliphatic carbocycles. The first-order valence-electron chi connectivity index (χ1n) is 7.16. The Morgan fingerprint density at radius 2 is 2.15 bits per heavy atom. The van der Waals surface area contributed by atoms with Crippen LogP contribution in [0.25, 0.3) is 0 Å². The van der Waals surface area contributed by atoms with Gasteiger partial charge in [-0.05, 0) is 18.9 Å². The molecule has 1 heterocycles. The van der Waals surface area contributed by atoms with E-state index in [1.807, 2.05) is 6.07 Å². The van der Waals surface area contributed by atoms with Crippen molar-refractivity contribution in [2.45, 2.75) is 18.9 Å². The number of methoxy groups -OCH3 is 1. The highest BCUT2D eigenvalue weighted by molar-refractivity contribution is 5.37. The molecule has 0 amide bonds. The quantitative estimate of drug-likeness (QED) is 0.831. The lowest BCUT2D eigenvalue weighted by atomic mass is 9.98. The molecule has 0 bridgehead atoms. The highest BCUT2D eigenvalue weighted by atomic mass is 19.1. The minimum Gasteiger partial charge on any atom is -0.493 e. The van der Waals surface area contributed by atoms with Crippen LogP contribution in [0.15, 0.2) is 18.2 Å². The predicted octanol–water partition coefficient (Wildman–Crippen LogP) is 1.55. The number of hydrogen-bond donors (Lipinski definition) is 2. The van der Waals surface area contributed by atoms with Crippen molar-refractivity contribution >= 4 is 0 Å². The largest absolute Gasteiger partial charge is 0.493 e. The number of aliphatic hydroxyl groups is 1. The minimum atomic E-state index is -0.325. The molecule has 20 heavy (non-hydrogen) atoms. The maximum atomic E-state index is 13.9. The molecule has 1 aromatic rings. The van der Waals surface area contributed by atoms with E-state index < -0.39 is 0 Å². The average molecular weight is 282 g/mol. The van der Waals surface area contributed by atoms with Crippen molar-refractivity contribution in [3.8, 4) is 5.75 Å². The van der Waals surface area contributed by atoms with Crippen molar-refractivity contribution in [2.75, 3.05) is 39.9 Å². The van der Waals surface area contributed by atoms with E-state index in [9.17, 15) is 4.39 Å². The van der Waals surface area contributed by atoms with Crippen molar-refractivity contribution < 1.29 is 14.2 Å². The van der Waals surface area contributed by atoms with Crippen molar-refractivity contribution in [1.82, 2.24) is 10.2 Å². The monoisotopic (exact) mass is 282 g/mol. The smallest absolute Gasteiger partial charge is 0.165 e. The van der Waals surface area contributed by atoms with E-state index in [0.29, 0.717) is 12.2 Å². The van der Waals surface area contributed by atoms with Crippen molar-refractivity contribution in [1.29, 1.82) is 0 Å². The highest BCUT2D eigenvalue weighted by Crippen LogP contribution is 2.34. The van der Waals surface area contributed by atoms with Gasteiger partial charge in [0.1, 0.15) is 0 Å². The number of halogens is 1. The zero-order valence-electron chi connectivity index (χ0n) is 11.9. The van der Waals surface area contributed by atoms with Crippen LogP contribution in [0.3, 0.4) is 0 Å². The Bertz CT molecular complexity index is 422. The van der Waals surface area contributed by atoms with Gasteiger partial charge in [0.25, 0.3) is 0 Å². The second-order valence-corrected chi connectivity index (χ2v) is 5.03. The van der Waals surface area contributed by atoms with Gasteiger partial charge in [-0.2, -0.15) is 0 Å². The molecule has 0 unspecified atom stereocenters. The molecule has 0 aromatic heterocycles. The molecule has 2 rings (SSSR count). The summed E-state index contributed by atoms with van der Waals surface area (Å²) in [5.74, 6) is 0.00288. The maximum Gasteiger partial charge on any atom is 0.165 e. The number of nitrogens with one attached hydrogen (secondary N) is 1. The summed E-state index contributed by atoms with van der Waals surface area (Å²) in [7, 11) is 1.50. The lowest BCUT2D eigenvalue weighted by molar-refractivity contribution is 0.151. The summed E-state index contributed by atoms with van der Waals surface area (Å²) < 4.78 is 19.1. The summed E-state index contributed by atoms with van der Waals surface area (Å²) in [6, 6.07) is 5.16. The fourth-order valence-electron chi connectivity index (χ4n) is 2.82. The van der Waals surface area contributed by atoms with Gasteiger partial charge in [-0.3, -0.25) is 4.90 Å². The van der Waals surface area contributed by atoms with Crippen LogP contribution in [0.5, 0.6) is 5.75 Å². The van der Waals surface area contributed by atoms with Crippen LogP contribution in [0.2, 0.25) is 0 Å². The highest BCUT2D eigenvalue weighted by Gasteiger charge is 2.25. The van der Waals surface area contributed by atoms with Gasteiger partial charge in [0.15, 0.2) is 11.6 Å². The molecule has 4 nitrogen and oxygen atoms in total. The Morgan fingerprint density at radius 1 is 1.40 bits per heavy atom. The topological polar surface area (TPSA) is 44.7 Å². The van der Waals surface area contributed by atoms with E-state index in [2.05, 4.69) is 10.2 Å². The summed E-state index contributed by atoms with van der Waals surface area (Å²) in [6.45, 7) is 3.88. The molecular weight excluding hydrogens is 259 g/mol. The summed E-state index contributed by atoms with van der Waals surface area (Å²) in [4.78, 5) is 2.34. The van der Waals surface area contributed by atoms with Crippen LogP contribution in [-0.4, -0.2) is 49.9 Å². The van der Waals surface area contributed by atoms with Crippen LogP contribution in [0, 0.1) is 5.82 Å². The normalized spacial score (nSPS) is 17.9. The summed E-state index contributed by atoms with van der Waals surface area (Å²) >= 11 is 0. The van der Waals surface area contributed by atoms with E-state index in [0.717, 1.165) is 38.2 Å². The van der Waals surface area contributed by atoms with Gasteiger partial charge >= 0.3 is 0 Å². The van der Waals surface area contributed by atoms with E-state index in [1.165, 1.54) is 13.2 Å². The number of para-hydroxylation sites is 1. The number of benzene rings is 1. The van der Waals surface area contributed by atoms with E-state index in [4.69, 9.17) is 9.84 Å². The molecule has 1 fully saturated rings. The Labute approximate surface area is 119 Å².